The molecule has 0 bridgehead atoms. The average Bonchev–Trinajstić information content (AvgIpc) is 2.56. The van der Waals surface area contributed by atoms with Crippen LogP contribution in [0.5, 0.6) is 0 Å². The van der Waals surface area contributed by atoms with Gasteiger partial charge in [0.15, 0.2) is 0 Å². The zero-order chi connectivity index (χ0) is 17.4. The number of amides is 1. The van der Waals surface area contributed by atoms with Crippen LogP contribution in [0.15, 0.2) is 64.6 Å². The Hall–Kier alpha value is -2.51. The quantitative estimate of drug-likeness (QED) is 0.593. The van der Waals surface area contributed by atoms with E-state index in [2.05, 4.69) is 15.2 Å². The molecule has 2 N–H and O–H groups in total. The van der Waals surface area contributed by atoms with Gasteiger partial charge in [-0.05, 0) is 24.6 Å². The average molecular weight is 345 g/mol. The van der Waals surface area contributed by atoms with Crippen molar-refractivity contribution in [1.82, 2.24) is 10.1 Å². The van der Waals surface area contributed by atoms with Crippen molar-refractivity contribution in [2.24, 2.45) is 5.10 Å². The van der Waals surface area contributed by atoms with Gasteiger partial charge in [-0.3, -0.25) is 4.79 Å². The van der Waals surface area contributed by atoms with E-state index >= 15 is 0 Å². The van der Waals surface area contributed by atoms with Gasteiger partial charge in [-0.1, -0.05) is 48.0 Å². The fourth-order valence-electron chi connectivity index (χ4n) is 1.87. The molecule has 0 aliphatic heterocycles. The van der Waals surface area contributed by atoms with Gasteiger partial charge in [0.05, 0.1) is 11.1 Å². The standard InChI is InChI=1S/C17H19N3O3S/c1-14-7-9-16(10-8-14)24(22,23)19-12-11-17(21)20-18-13-15-5-3-2-4-6-15/h2-10,13,19H,11-12H2,1H3,(H,20,21)/b18-13+. The van der Waals surface area contributed by atoms with Crippen molar-refractivity contribution in [2.75, 3.05) is 6.54 Å². The smallest absolute Gasteiger partial charge is 0.241 e. The molecule has 2 aromatic carbocycles. The Morgan fingerprint density at radius 1 is 1.08 bits per heavy atom. The summed E-state index contributed by atoms with van der Waals surface area (Å²) in [4.78, 5) is 11.8. The number of nitrogens with zero attached hydrogens (tertiary/aromatic N) is 1. The fraction of sp³-hybridized carbons (Fsp3) is 0.176. The first-order valence-corrected chi connectivity index (χ1v) is 8.89. The first kappa shape index (κ1) is 17.8. The van der Waals surface area contributed by atoms with Crippen molar-refractivity contribution in [1.29, 1.82) is 0 Å². The normalized spacial score (nSPS) is 11.5. The minimum absolute atomic E-state index is 0.00276. The molecule has 0 aliphatic carbocycles. The van der Waals surface area contributed by atoms with Crippen LogP contribution in [-0.2, 0) is 14.8 Å². The van der Waals surface area contributed by atoms with E-state index in [4.69, 9.17) is 0 Å². The zero-order valence-electron chi connectivity index (χ0n) is 13.3. The van der Waals surface area contributed by atoms with Gasteiger partial charge >= 0.3 is 0 Å². The van der Waals surface area contributed by atoms with Gasteiger partial charge in [0, 0.05) is 13.0 Å². The summed E-state index contributed by atoms with van der Waals surface area (Å²) in [6.07, 6.45) is 1.52. The second-order valence-electron chi connectivity index (χ2n) is 5.16. The SMILES string of the molecule is Cc1ccc(S(=O)(=O)NCCC(=O)N/N=C/c2ccccc2)cc1. The van der Waals surface area contributed by atoms with Crippen LogP contribution in [0, 0.1) is 6.92 Å². The molecule has 7 heteroatoms. The van der Waals surface area contributed by atoms with Crippen LogP contribution in [0.3, 0.4) is 0 Å². The lowest BCUT2D eigenvalue weighted by Crippen LogP contribution is -2.29. The summed E-state index contributed by atoms with van der Waals surface area (Å²) in [5.74, 6) is -0.367. The van der Waals surface area contributed by atoms with Gasteiger partial charge in [0.1, 0.15) is 0 Å². The van der Waals surface area contributed by atoms with Gasteiger partial charge in [-0.15, -0.1) is 0 Å². The Bertz CT molecular complexity index is 801. The summed E-state index contributed by atoms with van der Waals surface area (Å²) in [6, 6.07) is 15.8. The van der Waals surface area contributed by atoms with Gasteiger partial charge in [0.25, 0.3) is 0 Å². The maximum atomic E-state index is 12.1. The summed E-state index contributed by atoms with van der Waals surface area (Å²) >= 11 is 0. The number of hydrogen-bond acceptors (Lipinski definition) is 4. The van der Waals surface area contributed by atoms with Crippen molar-refractivity contribution in [3.05, 3.63) is 65.7 Å². The number of benzene rings is 2. The molecule has 0 unspecified atom stereocenters. The molecule has 1 amide bonds. The van der Waals surface area contributed by atoms with E-state index in [9.17, 15) is 13.2 Å². The van der Waals surface area contributed by atoms with Gasteiger partial charge in [-0.2, -0.15) is 5.10 Å². The lowest BCUT2D eigenvalue weighted by Gasteiger charge is -2.06. The third-order valence-electron chi connectivity index (χ3n) is 3.18. The maximum Gasteiger partial charge on any atom is 0.241 e. The number of hydrogen-bond donors (Lipinski definition) is 2. The van der Waals surface area contributed by atoms with Gasteiger partial charge < -0.3 is 0 Å². The highest BCUT2D eigenvalue weighted by Crippen LogP contribution is 2.09. The number of sulfonamides is 1. The van der Waals surface area contributed by atoms with Crippen LogP contribution in [0.1, 0.15) is 17.5 Å². The molecule has 0 saturated heterocycles. The number of nitrogens with one attached hydrogen (secondary N) is 2. The summed E-state index contributed by atoms with van der Waals surface area (Å²) in [5, 5.41) is 3.82. The molecule has 0 radical (unpaired) electrons. The molecule has 0 aliphatic rings. The minimum atomic E-state index is -3.60. The van der Waals surface area contributed by atoms with Gasteiger partial charge in [0.2, 0.25) is 15.9 Å². The summed E-state index contributed by atoms with van der Waals surface area (Å²) in [6.45, 7) is 1.88. The first-order chi connectivity index (χ1) is 11.5. The van der Waals surface area contributed by atoms with Crippen LogP contribution in [0.2, 0.25) is 0 Å². The van der Waals surface area contributed by atoms with E-state index in [0.717, 1.165) is 11.1 Å². The molecule has 6 nitrogen and oxygen atoms in total. The lowest BCUT2D eigenvalue weighted by atomic mass is 10.2. The van der Waals surface area contributed by atoms with E-state index < -0.39 is 10.0 Å². The van der Waals surface area contributed by atoms with E-state index in [-0.39, 0.29) is 23.8 Å². The molecule has 0 spiro atoms. The number of carbonyl (C=O) groups excluding carboxylic acids is 1. The predicted molar refractivity (Wildman–Crippen MR) is 93.2 cm³/mol. The van der Waals surface area contributed by atoms with Crippen LogP contribution < -0.4 is 10.1 Å². The molecule has 0 fully saturated rings. The summed E-state index contributed by atoms with van der Waals surface area (Å²) in [7, 11) is -3.60. The maximum absolute atomic E-state index is 12.1. The van der Waals surface area contributed by atoms with Crippen molar-refractivity contribution in [3.8, 4) is 0 Å². The van der Waals surface area contributed by atoms with Crippen LogP contribution >= 0.6 is 0 Å². The van der Waals surface area contributed by atoms with Gasteiger partial charge in [-0.25, -0.2) is 18.6 Å². The highest BCUT2D eigenvalue weighted by molar-refractivity contribution is 7.89. The Kier molecular flexibility index (Phi) is 6.22. The molecule has 126 valence electrons. The van der Waals surface area contributed by atoms with Crippen LogP contribution in [0.25, 0.3) is 0 Å². The molecular weight excluding hydrogens is 326 g/mol. The molecule has 0 saturated carbocycles. The molecule has 0 atom stereocenters. The second kappa shape index (κ2) is 8.37. The zero-order valence-corrected chi connectivity index (χ0v) is 14.1. The van der Waals surface area contributed by atoms with E-state index in [0.29, 0.717) is 0 Å². The van der Waals surface area contributed by atoms with Crippen LogP contribution in [0.4, 0.5) is 0 Å². The van der Waals surface area contributed by atoms with Crippen molar-refractivity contribution in [2.45, 2.75) is 18.2 Å². The monoisotopic (exact) mass is 345 g/mol. The van der Waals surface area contributed by atoms with E-state index in [1.807, 2.05) is 37.3 Å². The first-order valence-electron chi connectivity index (χ1n) is 7.41. The summed E-state index contributed by atoms with van der Waals surface area (Å²) in [5.41, 5.74) is 4.20. The number of carbonyl (C=O) groups is 1. The third-order valence-corrected chi connectivity index (χ3v) is 4.65. The molecule has 0 aromatic heterocycles. The molecule has 2 aromatic rings. The topological polar surface area (TPSA) is 87.6 Å². The Morgan fingerprint density at radius 2 is 1.75 bits per heavy atom. The van der Waals surface area contributed by atoms with Crippen molar-refractivity contribution in [3.63, 3.8) is 0 Å². The van der Waals surface area contributed by atoms with Crippen molar-refractivity contribution < 1.29 is 13.2 Å². The second-order valence-corrected chi connectivity index (χ2v) is 6.93. The van der Waals surface area contributed by atoms with E-state index in [1.54, 1.807) is 12.1 Å². The molecule has 0 heterocycles. The number of hydrazone groups is 1. The Balaban J connectivity index is 1.78. The fourth-order valence-corrected chi connectivity index (χ4v) is 2.91. The molecule has 24 heavy (non-hydrogen) atoms. The number of rotatable bonds is 7. The van der Waals surface area contributed by atoms with Crippen molar-refractivity contribution >= 4 is 22.1 Å². The molecule has 2 rings (SSSR count). The van der Waals surface area contributed by atoms with E-state index in [1.165, 1.54) is 18.3 Å². The Morgan fingerprint density at radius 3 is 2.42 bits per heavy atom. The third kappa shape index (κ3) is 5.60. The predicted octanol–water partition coefficient (Wildman–Crippen LogP) is 1.81. The van der Waals surface area contributed by atoms with Crippen LogP contribution in [-0.4, -0.2) is 27.1 Å². The highest BCUT2D eigenvalue weighted by Gasteiger charge is 2.13. The largest absolute Gasteiger partial charge is 0.273 e. The summed E-state index contributed by atoms with van der Waals surface area (Å²) < 4.78 is 26.5. The highest BCUT2D eigenvalue weighted by atomic mass is 32.2. The molecular formula is C17H19N3O3S. The minimum Gasteiger partial charge on any atom is -0.273 e. The lowest BCUT2D eigenvalue weighted by molar-refractivity contribution is -0.120. The number of aryl methyl sites for hydroxylation is 1. The Labute approximate surface area is 141 Å².